The molecule has 180 valence electrons. The third kappa shape index (κ3) is 4.80. The maximum atomic E-state index is 13.4. The van der Waals surface area contributed by atoms with Crippen molar-refractivity contribution in [3.05, 3.63) is 41.5 Å². The van der Waals surface area contributed by atoms with Crippen LogP contribution < -0.4 is 10.1 Å². The van der Waals surface area contributed by atoms with Gasteiger partial charge in [0, 0.05) is 30.1 Å². The third-order valence-corrected chi connectivity index (χ3v) is 7.17. The maximum Gasteiger partial charge on any atom is 0.247 e. The van der Waals surface area contributed by atoms with Gasteiger partial charge in [0.05, 0.1) is 18.6 Å². The minimum absolute atomic E-state index is 0.0220. The summed E-state index contributed by atoms with van der Waals surface area (Å²) < 4.78 is 6.18. The number of aliphatic hydroxyl groups is 2. The average molecular weight is 457 g/mol. The predicted octanol–water partition coefficient (Wildman–Crippen LogP) is 2.66. The Kier molecular flexibility index (Phi) is 7.71. The molecule has 1 aliphatic heterocycles. The van der Waals surface area contributed by atoms with Crippen LogP contribution in [0.1, 0.15) is 69.8 Å². The highest BCUT2D eigenvalue weighted by Crippen LogP contribution is 2.47. The number of para-hydroxylation sites is 1. The molecule has 4 atom stereocenters. The number of nitrogens with zero attached hydrogens (tertiary/aromatic N) is 1. The summed E-state index contributed by atoms with van der Waals surface area (Å²) in [7, 11) is 0. The molecule has 33 heavy (non-hydrogen) atoms. The van der Waals surface area contributed by atoms with Gasteiger partial charge in [0.15, 0.2) is 0 Å². The second kappa shape index (κ2) is 10.7. The first kappa shape index (κ1) is 23.8. The SMILES string of the molecule is CCCC(=O)N(C1CCCCCC1)C1C=C(C(=O)NCCO)C2c3ccccc3OC2C1O. The van der Waals surface area contributed by atoms with Crippen LogP contribution in [0, 0.1) is 0 Å². The number of rotatable bonds is 7. The fourth-order valence-corrected chi connectivity index (χ4v) is 5.65. The predicted molar refractivity (Wildman–Crippen MR) is 125 cm³/mol. The molecule has 7 heteroatoms. The zero-order valence-electron chi connectivity index (χ0n) is 19.4. The van der Waals surface area contributed by atoms with Crippen LogP contribution in [-0.2, 0) is 9.59 Å². The van der Waals surface area contributed by atoms with E-state index in [1.807, 2.05) is 36.1 Å². The molecule has 4 unspecified atom stereocenters. The topological polar surface area (TPSA) is 99.1 Å². The van der Waals surface area contributed by atoms with Gasteiger partial charge in [-0.25, -0.2) is 0 Å². The fraction of sp³-hybridized carbons (Fsp3) is 0.615. The number of ether oxygens (including phenoxy) is 1. The van der Waals surface area contributed by atoms with Gasteiger partial charge in [-0.15, -0.1) is 0 Å². The van der Waals surface area contributed by atoms with E-state index in [1.165, 1.54) is 0 Å². The van der Waals surface area contributed by atoms with Crippen molar-refractivity contribution in [3.63, 3.8) is 0 Å². The molecule has 4 rings (SSSR count). The van der Waals surface area contributed by atoms with E-state index in [4.69, 9.17) is 4.74 Å². The van der Waals surface area contributed by atoms with Crippen molar-refractivity contribution in [1.29, 1.82) is 0 Å². The van der Waals surface area contributed by atoms with Gasteiger partial charge >= 0.3 is 0 Å². The summed E-state index contributed by atoms with van der Waals surface area (Å²) in [6.07, 6.45) is 7.61. The Bertz CT molecular complexity index is 877. The second-order valence-corrected chi connectivity index (χ2v) is 9.38. The Balaban J connectivity index is 1.75. The molecule has 1 aromatic rings. The molecule has 3 N–H and O–H groups in total. The van der Waals surface area contributed by atoms with Crippen molar-refractivity contribution < 1.29 is 24.5 Å². The molecule has 2 amide bonds. The van der Waals surface area contributed by atoms with E-state index in [0.717, 1.165) is 50.5 Å². The summed E-state index contributed by atoms with van der Waals surface area (Å²) in [5.74, 6) is -0.0221. The van der Waals surface area contributed by atoms with Gasteiger partial charge in [-0.1, -0.05) is 50.8 Å². The van der Waals surface area contributed by atoms with Crippen LogP contribution in [0.15, 0.2) is 35.9 Å². The largest absolute Gasteiger partial charge is 0.486 e. The minimum Gasteiger partial charge on any atom is -0.486 e. The first-order valence-corrected chi connectivity index (χ1v) is 12.4. The van der Waals surface area contributed by atoms with Gasteiger partial charge in [-0.2, -0.15) is 0 Å². The third-order valence-electron chi connectivity index (χ3n) is 7.17. The molecule has 1 fully saturated rings. The molecule has 2 aliphatic carbocycles. The van der Waals surface area contributed by atoms with Crippen molar-refractivity contribution in [1.82, 2.24) is 10.2 Å². The highest BCUT2D eigenvalue weighted by Gasteiger charge is 2.51. The lowest BCUT2D eigenvalue weighted by molar-refractivity contribution is -0.141. The van der Waals surface area contributed by atoms with Crippen LogP contribution in [-0.4, -0.2) is 64.4 Å². The number of aliphatic hydroxyl groups excluding tert-OH is 2. The van der Waals surface area contributed by atoms with Crippen LogP contribution in [0.3, 0.4) is 0 Å². The number of nitrogens with one attached hydrogen (secondary N) is 1. The van der Waals surface area contributed by atoms with Crippen LogP contribution in [0.5, 0.6) is 5.75 Å². The number of hydrogen-bond donors (Lipinski definition) is 3. The number of carbonyl (C=O) groups excluding carboxylic acids is 2. The summed E-state index contributed by atoms with van der Waals surface area (Å²) in [4.78, 5) is 28.4. The minimum atomic E-state index is -0.944. The molecule has 0 bridgehead atoms. The zero-order chi connectivity index (χ0) is 23.4. The molecule has 1 saturated carbocycles. The zero-order valence-corrected chi connectivity index (χ0v) is 19.4. The number of hydrogen-bond acceptors (Lipinski definition) is 5. The highest BCUT2D eigenvalue weighted by atomic mass is 16.5. The fourth-order valence-electron chi connectivity index (χ4n) is 5.65. The molecule has 1 aromatic carbocycles. The summed E-state index contributed by atoms with van der Waals surface area (Å²) in [5.41, 5.74) is 1.36. The Morgan fingerprint density at radius 2 is 1.88 bits per heavy atom. The Morgan fingerprint density at radius 3 is 2.58 bits per heavy atom. The number of carbonyl (C=O) groups is 2. The summed E-state index contributed by atoms with van der Waals surface area (Å²) in [6.45, 7) is 1.97. The van der Waals surface area contributed by atoms with Gasteiger partial charge in [-0.3, -0.25) is 9.59 Å². The second-order valence-electron chi connectivity index (χ2n) is 9.38. The van der Waals surface area contributed by atoms with Gasteiger partial charge in [-0.05, 0) is 31.4 Å². The van der Waals surface area contributed by atoms with Crippen LogP contribution in [0.2, 0.25) is 0 Å². The smallest absolute Gasteiger partial charge is 0.247 e. The summed E-state index contributed by atoms with van der Waals surface area (Å²) >= 11 is 0. The van der Waals surface area contributed by atoms with Gasteiger partial charge < -0.3 is 25.2 Å². The lowest BCUT2D eigenvalue weighted by Gasteiger charge is -2.44. The van der Waals surface area contributed by atoms with E-state index in [0.29, 0.717) is 17.7 Å². The Morgan fingerprint density at radius 1 is 1.15 bits per heavy atom. The van der Waals surface area contributed by atoms with Crippen molar-refractivity contribution in [2.24, 2.45) is 0 Å². The Labute approximate surface area is 195 Å². The monoisotopic (exact) mass is 456 g/mol. The molecular formula is C26H36N2O5. The molecular weight excluding hydrogens is 420 g/mol. The number of benzene rings is 1. The maximum absolute atomic E-state index is 13.4. The molecule has 3 aliphatic rings. The van der Waals surface area contributed by atoms with Crippen LogP contribution >= 0.6 is 0 Å². The average Bonchev–Trinajstić information content (AvgIpc) is 3.00. The standard InChI is InChI=1S/C26H36N2O5/c1-2-9-22(30)28(17-10-5-3-4-6-11-17)20-16-19(26(32)27-14-15-29)23-18-12-7-8-13-21(18)33-25(23)24(20)31/h7-8,12-13,16-17,20,23-25,29,31H,2-6,9-11,14-15H2,1H3,(H,27,32). The summed E-state index contributed by atoms with van der Waals surface area (Å²) in [6, 6.07) is 6.96. The van der Waals surface area contributed by atoms with Crippen molar-refractivity contribution in [3.8, 4) is 5.75 Å². The van der Waals surface area contributed by atoms with Gasteiger partial charge in [0.1, 0.15) is 18.0 Å². The molecule has 0 saturated heterocycles. The molecule has 1 heterocycles. The van der Waals surface area contributed by atoms with Gasteiger partial charge in [0.2, 0.25) is 11.8 Å². The number of amides is 2. The lowest BCUT2D eigenvalue weighted by Crippen LogP contribution is -2.58. The normalized spacial score (nSPS) is 26.9. The van der Waals surface area contributed by atoms with Gasteiger partial charge in [0.25, 0.3) is 0 Å². The summed E-state index contributed by atoms with van der Waals surface area (Å²) in [5, 5.41) is 23.5. The molecule has 0 spiro atoms. The van der Waals surface area contributed by atoms with Crippen molar-refractivity contribution >= 4 is 11.8 Å². The lowest BCUT2D eigenvalue weighted by atomic mass is 9.77. The van der Waals surface area contributed by atoms with Crippen molar-refractivity contribution in [2.45, 2.75) is 88.5 Å². The quantitative estimate of drug-likeness (QED) is 0.548. The molecule has 0 aromatic heterocycles. The molecule has 7 nitrogen and oxygen atoms in total. The Hall–Kier alpha value is -2.38. The molecule has 0 radical (unpaired) electrons. The van der Waals surface area contributed by atoms with E-state index in [1.54, 1.807) is 6.08 Å². The van der Waals surface area contributed by atoms with Crippen LogP contribution in [0.25, 0.3) is 0 Å². The van der Waals surface area contributed by atoms with E-state index in [9.17, 15) is 19.8 Å². The van der Waals surface area contributed by atoms with Crippen LogP contribution in [0.4, 0.5) is 0 Å². The van der Waals surface area contributed by atoms with E-state index in [2.05, 4.69) is 5.32 Å². The van der Waals surface area contributed by atoms with E-state index >= 15 is 0 Å². The van der Waals surface area contributed by atoms with Crippen molar-refractivity contribution in [2.75, 3.05) is 13.2 Å². The van der Waals surface area contributed by atoms with E-state index < -0.39 is 24.2 Å². The first-order chi connectivity index (χ1) is 16.1. The highest BCUT2D eigenvalue weighted by molar-refractivity contribution is 5.96. The van der Waals surface area contributed by atoms with E-state index in [-0.39, 0.29) is 31.0 Å². The number of fused-ring (bicyclic) bond motifs is 3. The first-order valence-electron chi connectivity index (χ1n) is 12.4.